The highest BCUT2D eigenvalue weighted by Gasteiger charge is 2.38. The Kier molecular flexibility index (Phi) is 2.11. The maximum atomic E-state index is 11.0. The van der Waals surface area contributed by atoms with Crippen molar-refractivity contribution in [2.45, 2.75) is 11.7 Å². The molecule has 0 aromatic rings. The topological polar surface area (TPSA) is 54.5 Å². The third-order valence-corrected chi connectivity index (χ3v) is 3.48. The zero-order chi connectivity index (χ0) is 8.65. The van der Waals surface area contributed by atoms with E-state index >= 15 is 0 Å². The van der Waals surface area contributed by atoms with Crippen LogP contribution in [0.3, 0.4) is 0 Å². The van der Waals surface area contributed by atoms with E-state index in [1.807, 2.05) is 0 Å². The Bertz CT molecular complexity index is 273. The highest BCUT2D eigenvalue weighted by atomic mass is 35.7. The standard InChI is InChI=1S/C5H8ClNO3S/c1-7-3-2-4(5(7)8)11(6,9)10/h4H,2-3H2,1H3. The van der Waals surface area contributed by atoms with Gasteiger partial charge in [0, 0.05) is 24.3 Å². The largest absolute Gasteiger partial charge is 0.345 e. The van der Waals surface area contributed by atoms with E-state index in [0.717, 1.165) is 0 Å². The van der Waals surface area contributed by atoms with Gasteiger partial charge in [0.25, 0.3) is 0 Å². The molecule has 1 aliphatic rings. The maximum absolute atomic E-state index is 11.0. The Hall–Kier alpha value is -0.290. The van der Waals surface area contributed by atoms with Crippen molar-refractivity contribution in [1.29, 1.82) is 0 Å². The SMILES string of the molecule is CN1CCC(S(=O)(=O)Cl)C1=O. The minimum atomic E-state index is -3.70. The highest BCUT2D eigenvalue weighted by molar-refractivity contribution is 8.14. The summed E-state index contributed by atoms with van der Waals surface area (Å²) < 4.78 is 21.4. The van der Waals surface area contributed by atoms with E-state index in [4.69, 9.17) is 10.7 Å². The summed E-state index contributed by atoms with van der Waals surface area (Å²) in [5, 5.41) is -1.02. The van der Waals surface area contributed by atoms with Crippen molar-refractivity contribution in [3.63, 3.8) is 0 Å². The van der Waals surface area contributed by atoms with Crippen molar-refractivity contribution in [3.05, 3.63) is 0 Å². The number of amides is 1. The van der Waals surface area contributed by atoms with E-state index in [1.54, 1.807) is 7.05 Å². The molecule has 6 heteroatoms. The first-order valence-electron chi connectivity index (χ1n) is 3.11. The number of nitrogens with zero attached hydrogens (tertiary/aromatic N) is 1. The van der Waals surface area contributed by atoms with Gasteiger partial charge in [-0.2, -0.15) is 0 Å². The summed E-state index contributed by atoms with van der Waals surface area (Å²) in [6.07, 6.45) is 0.307. The zero-order valence-corrected chi connectivity index (χ0v) is 7.52. The van der Waals surface area contributed by atoms with Gasteiger partial charge >= 0.3 is 0 Å². The molecule has 64 valence electrons. The van der Waals surface area contributed by atoms with Gasteiger partial charge in [0.15, 0.2) is 5.25 Å². The molecule has 1 aliphatic heterocycles. The molecule has 0 saturated carbocycles. The van der Waals surface area contributed by atoms with Crippen molar-refractivity contribution in [2.24, 2.45) is 0 Å². The average molecular weight is 198 g/mol. The molecule has 0 N–H and O–H groups in total. The number of hydrogen-bond acceptors (Lipinski definition) is 3. The molecule has 0 spiro atoms. The van der Waals surface area contributed by atoms with Crippen LogP contribution in [0.1, 0.15) is 6.42 Å². The number of carbonyl (C=O) groups excluding carboxylic acids is 1. The van der Waals surface area contributed by atoms with E-state index < -0.39 is 20.2 Å². The smallest absolute Gasteiger partial charge is 0.244 e. The van der Waals surface area contributed by atoms with Crippen LogP contribution in [0, 0.1) is 0 Å². The van der Waals surface area contributed by atoms with Gasteiger partial charge in [-0.1, -0.05) is 0 Å². The summed E-state index contributed by atoms with van der Waals surface area (Å²) in [4.78, 5) is 12.4. The van der Waals surface area contributed by atoms with Gasteiger partial charge in [-0.3, -0.25) is 4.79 Å². The summed E-state index contributed by atoms with van der Waals surface area (Å²) in [5.74, 6) is -0.403. The molecule has 1 fully saturated rings. The van der Waals surface area contributed by atoms with E-state index in [9.17, 15) is 13.2 Å². The molecule has 1 atom stereocenters. The van der Waals surface area contributed by atoms with E-state index in [0.29, 0.717) is 13.0 Å². The second-order valence-electron chi connectivity index (χ2n) is 2.51. The van der Waals surface area contributed by atoms with Crippen LogP contribution in [-0.4, -0.2) is 38.1 Å². The second-order valence-corrected chi connectivity index (χ2v) is 5.32. The molecule has 0 aromatic heterocycles. The average Bonchev–Trinajstić information content (AvgIpc) is 2.11. The van der Waals surface area contributed by atoms with Crippen LogP contribution >= 0.6 is 10.7 Å². The van der Waals surface area contributed by atoms with E-state index in [-0.39, 0.29) is 0 Å². The van der Waals surface area contributed by atoms with E-state index in [2.05, 4.69) is 0 Å². The third-order valence-electron chi connectivity index (χ3n) is 1.72. The lowest BCUT2D eigenvalue weighted by atomic mass is 10.4. The molecule has 1 heterocycles. The molecular formula is C5H8ClNO3S. The molecule has 1 unspecified atom stereocenters. The minimum absolute atomic E-state index is 0.307. The molecular weight excluding hydrogens is 190 g/mol. The van der Waals surface area contributed by atoms with Gasteiger partial charge in [0.1, 0.15) is 0 Å². The van der Waals surface area contributed by atoms with Gasteiger partial charge in [-0.15, -0.1) is 0 Å². The molecule has 0 aliphatic carbocycles. The Labute approximate surface area is 69.5 Å². The predicted molar refractivity (Wildman–Crippen MR) is 40.8 cm³/mol. The van der Waals surface area contributed by atoms with Crippen LogP contribution in [0.4, 0.5) is 0 Å². The fourth-order valence-corrected chi connectivity index (χ4v) is 2.36. The van der Waals surface area contributed by atoms with Crippen LogP contribution in [0.25, 0.3) is 0 Å². The molecule has 4 nitrogen and oxygen atoms in total. The molecule has 1 rings (SSSR count). The highest BCUT2D eigenvalue weighted by Crippen LogP contribution is 2.19. The molecule has 11 heavy (non-hydrogen) atoms. The zero-order valence-electron chi connectivity index (χ0n) is 5.95. The summed E-state index contributed by atoms with van der Waals surface area (Å²) in [5.41, 5.74) is 0. The monoisotopic (exact) mass is 197 g/mol. The molecule has 0 radical (unpaired) electrons. The summed E-state index contributed by atoms with van der Waals surface area (Å²) in [6, 6.07) is 0. The van der Waals surface area contributed by atoms with Crippen molar-refractivity contribution >= 4 is 25.6 Å². The Morgan fingerprint density at radius 3 is 2.36 bits per heavy atom. The van der Waals surface area contributed by atoms with Crippen molar-refractivity contribution < 1.29 is 13.2 Å². The van der Waals surface area contributed by atoms with Crippen LogP contribution in [0.15, 0.2) is 0 Å². The number of hydrogen-bond donors (Lipinski definition) is 0. The van der Waals surface area contributed by atoms with Crippen molar-refractivity contribution in [1.82, 2.24) is 4.90 Å². The number of likely N-dealkylation sites (tertiary alicyclic amines) is 1. The Morgan fingerprint density at radius 1 is 1.64 bits per heavy atom. The van der Waals surface area contributed by atoms with Gasteiger partial charge in [-0.25, -0.2) is 8.42 Å². The Balaban J connectivity index is 2.87. The van der Waals surface area contributed by atoms with Crippen molar-refractivity contribution in [2.75, 3.05) is 13.6 Å². The first-order valence-corrected chi connectivity index (χ1v) is 5.48. The first kappa shape index (κ1) is 8.80. The van der Waals surface area contributed by atoms with Gasteiger partial charge < -0.3 is 4.90 Å². The lowest BCUT2D eigenvalue weighted by Gasteiger charge is -2.06. The lowest BCUT2D eigenvalue weighted by molar-refractivity contribution is -0.126. The summed E-state index contributed by atoms with van der Waals surface area (Å²) >= 11 is 0. The van der Waals surface area contributed by atoms with Crippen molar-refractivity contribution in [3.8, 4) is 0 Å². The number of rotatable bonds is 1. The molecule has 1 saturated heterocycles. The van der Waals surface area contributed by atoms with Crippen LogP contribution in [0.5, 0.6) is 0 Å². The summed E-state index contributed by atoms with van der Waals surface area (Å²) in [6.45, 7) is 0.468. The summed E-state index contributed by atoms with van der Waals surface area (Å²) in [7, 11) is 2.88. The van der Waals surface area contributed by atoms with E-state index in [1.165, 1.54) is 4.90 Å². The van der Waals surface area contributed by atoms with Gasteiger partial charge in [0.2, 0.25) is 15.0 Å². The van der Waals surface area contributed by atoms with Crippen LogP contribution < -0.4 is 0 Å². The minimum Gasteiger partial charge on any atom is -0.345 e. The van der Waals surface area contributed by atoms with Gasteiger partial charge in [-0.05, 0) is 6.42 Å². The maximum Gasteiger partial charge on any atom is 0.244 e. The van der Waals surface area contributed by atoms with Crippen LogP contribution in [0.2, 0.25) is 0 Å². The quantitative estimate of drug-likeness (QED) is 0.547. The second kappa shape index (κ2) is 2.64. The number of carbonyl (C=O) groups is 1. The molecule has 0 bridgehead atoms. The van der Waals surface area contributed by atoms with Gasteiger partial charge in [0.05, 0.1) is 0 Å². The van der Waals surface area contributed by atoms with Crippen LogP contribution in [-0.2, 0) is 13.8 Å². The molecule has 1 amide bonds. The lowest BCUT2D eigenvalue weighted by Crippen LogP contribution is -2.29. The fourth-order valence-electron chi connectivity index (χ4n) is 1.05. The Morgan fingerprint density at radius 2 is 2.18 bits per heavy atom. The normalized spacial score (nSPS) is 26.2. The predicted octanol–water partition coefficient (Wildman–Crippen LogP) is -0.214. The fraction of sp³-hybridized carbons (Fsp3) is 0.800. The third kappa shape index (κ3) is 1.65. The number of halogens is 1. The first-order chi connectivity index (χ1) is 4.93. The molecule has 0 aromatic carbocycles.